The van der Waals surface area contributed by atoms with E-state index in [1.54, 1.807) is 50.4 Å². The Hall–Kier alpha value is -3.46. The van der Waals surface area contributed by atoms with Crippen molar-refractivity contribution >= 4 is 21.7 Å². The van der Waals surface area contributed by atoms with Gasteiger partial charge in [0.25, 0.3) is 10.0 Å². The van der Waals surface area contributed by atoms with Gasteiger partial charge in [0.15, 0.2) is 0 Å². The van der Waals surface area contributed by atoms with Gasteiger partial charge in [-0.1, -0.05) is 37.3 Å². The van der Waals surface area contributed by atoms with Crippen LogP contribution in [0.5, 0.6) is 5.75 Å². The fraction of sp³-hybridized carbons (Fsp3) is 0.174. The molecular weight excluding hydrogens is 436 g/mol. The highest BCUT2D eigenvalue weighted by molar-refractivity contribution is 7.90. The number of hydrogen-bond acceptors (Lipinski definition) is 4. The van der Waals surface area contributed by atoms with E-state index in [0.29, 0.717) is 5.75 Å². The summed E-state index contributed by atoms with van der Waals surface area (Å²) >= 11 is 0. The quantitative estimate of drug-likeness (QED) is 0.596. The van der Waals surface area contributed by atoms with E-state index in [2.05, 4.69) is 15.0 Å². The van der Waals surface area contributed by atoms with Gasteiger partial charge in [-0.2, -0.15) is 0 Å². The second kappa shape index (κ2) is 8.58. The number of methoxy groups -OCH3 is 1. The zero-order valence-corrected chi connectivity index (χ0v) is 18.2. The van der Waals surface area contributed by atoms with E-state index in [9.17, 15) is 17.2 Å². The summed E-state index contributed by atoms with van der Waals surface area (Å²) < 4.78 is 62.5. The summed E-state index contributed by atoms with van der Waals surface area (Å²) in [6, 6.07) is 15.5. The molecule has 2 N–H and O–H groups in total. The number of aliphatic imine (C=N–C) groups is 1. The number of fused-ring (bicyclic) bond motifs is 1. The van der Waals surface area contributed by atoms with E-state index >= 15 is 0 Å². The zero-order chi connectivity index (χ0) is 22.9. The molecule has 1 aliphatic rings. The van der Waals surface area contributed by atoms with Gasteiger partial charge in [-0.15, -0.1) is 0 Å². The minimum absolute atomic E-state index is 0.0453. The Morgan fingerprint density at radius 2 is 1.81 bits per heavy atom. The van der Waals surface area contributed by atoms with Crippen molar-refractivity contribution in [2.75, 3.05) is 12.4 Å². The Kier molecular flexibility index (Phi) is 5.84. The summed E-state index contributed by atoms with van der Waals surface area (Å²) in [4.78, 5) is 4.18. The van der Waals surface area contributed by atoms with Crippen molar-refractivity contribution in [2.24, 2.45) is 4.99 Å². The van der Waals surface area contributed by atoms with Gasteiger partial charge in [0.2, 0.25) is 5.96 Å². The molecule has 0 unspecified atom stereocenters. The molecule has 0 aliphatic carbocycles. The Morgan fingerprint density at radius 1 is 1.03 bits per heavy atom. The largest absolute Gasteiger partial charge is 0.497 e. The molecule has 0 fully saturated rings. The number of guanidine groups is 1. The smallest absolute Gasteiger partial charge is 0.266 e. The van der Waals surface area contributed by atoms with E-state index < -0.39 is 27.6 Å². The highest BCUT2D eigenvalue weighted by Crippen LogP contribution is 2.38. The SMILES string of the molecule is COc1cccc(CN=C2Nc3c(ccc(F)c3[C@H](C)c3ccccc3F)S(=O)(=O)N2)c1. The highest BCUT2D eigenvalue weighted by Gasteiger charge is 2.32. The number of benzene rings is 3. The van der Waals surface area contributed by atoms with Crippen LogP contribution in [0.15, 0.2) is 70.6 Å². The number of nitrogens with one attached hydrogen (secondary N) is 2. The van der Waals surface area contributed by atoms with Gasteiger partial charge in [0.1, 0.15) is 22.3 Å². The van der Waals surface area contributed by atoms with Crippen molar-refractivity contribution in [1.82, 2.24) is 4.72 Å². The number of halogens is 2. The number of hydrogen-bond donors (Lipinski definition) is 2. The molecule has 0 spiro atoms. The van der Waals surface area contributed by atoms with E-state index in [0.717, 1.165) is 11.6 Å². The fourth-order valence-corrected chi connectivity index (χ4v) is 4.83. The summed E-state index contributed by atoms with van der Waals surface area (Å²) in [7, 11) is -2.45. The minimum Gasteiger partial charge on any atom is -0.497 e. The van der Waals surface area contributed by atoms with E-state index in [4.69, 9.17) is 4.74 Å². The second-order valence-electron chi connectivity index (χ2n) is 7.32. The van der Waals surface area contributed by atoms with Crippen LogP contribution in [0.3, 0.4) is 0 Å². The summed E-state index contributed by atoms with van der Waals surface area (Å²) in [5.41, 5.74) is 1.14. The van der Waals surface area contributed by atoms with Crippen LogP contribution in [-0.4, -0.2) is 21.5 Å². The second-order valence-corrected chi connectivity index (χ2v) is 8.98. The van der Waals surface area contributed by atoms with E-state index in [-0.39, 0.29) is 34.2 Å². The maximum atomic E-state index is 14.9. The van der Waals surface area contributed by atoms with Crippen molar-refractivity contribution in [3.05, 3.63) is 89.0 Å². The number of anilines is 1. The van der Waals surface area contributed by atoms with Gasteiger partial charge >= 0.3 is 0 Å². The normalized spacial score (nSPS) is 16.6. The number of ether oxygens (including phenoxy) is 1. The predicted octanol–water partition coefficient (Wildman–Crippen LogP) is 4.39. The molecule has 6 nitrogen and oxygen atoms in total. The molecule has 9 heteroatoms. The van der Waals surface area contributed by atoms with Crippen LogP contribution in [0, 0.1) is 11.6 Å². The lowest BCUT2D eigenvalue weighted by Gasteiger charge is -2.26. The molecule has 3 aromatic carbocycles. The number of sulfonamides is 1. The third-order valence-electron chi connectivity index (χ3n) is 5.28. The first-order valence-electron chi connectivity index (χ1n) is 9.84. The van der Waals surface area contributed by atoms with Crippen LogP contribution in [-0.2, 0) is 16.6 Å². The van der Waals surface area contributed by atoms with Crippen LogP contribution in [0.4, 0.5) is 14.5 Å². The van der Waals surface area contributed by atoms with Crippen molar-refractivity contribution in [3.63, 3.8) is 0 Å². The molecule has 4 rings (SSSR count). The summed E-state index contributed by atoms with van der Waals surface area (Å²) in [6.07, 6.45) is 0. The van der Waals surface area contributed by atoms with Gasteiger partial charge in [0.05, 0.1) is 19.3 Å². The van der Waals surface area contributed by atoms with Gasteiger partial charge < -0.3 is 10.1 Å². The average Bonchev–Trinajstić information content (AvgIpc) is 2.77. The molecule has 0 amide bonds. The Labute approximate surface area is 185 Å². The molecule has 32 heavy (non-hydrogen) atoms. The highest BCUT2D eigenvalue weighted by atomic mass is 32.2. The third-order valence-corrected chi connectivity index (χ3v) is 6.66. The zero-order valence-electron chi connectivity index (χ0n) is 17.4. The summed E-state index contributed by atoms with van der Waals surface area (Å²) in [5.74, 6) is -1.29. The van der Waals surface area contributed by atoms with Crippen LogP contribution < -0.4 is 14.8 Å². The first-order valence-corrected chi connectivity index (χ1v) is 11.3. The van der Waals surface area contributed by atoms with Crippen molar-refractivity contribution in [1.29, 1.82) is 0 Å². The molecule has 0 radical (unpaired) electrons. The standard InChI is InChI=1S/C23H21F2N3O3S/c1-14(17-8-3-4-9-18(17)24)21-19(25)10-11-20-22(21)27-23(28-32(20,29)30)26-13-15-6-5-7-16(12-15)31-2/h3-12,14H,13H2,1-2H3,(H2,26,27,28)/t14-/m1/s1. The lowest BCUT2D eigenvalue weighted by atomic mass is 9.91. The van der Waals surface area contributed by atoms with Gasteiger partial charge in [-0.3, -0.25) is 0 Å². The summed E-state index contributed by atoms with van der Waals surface area (Å²) in [6.45, 7) is 1.78. The molecule has 166 valence electrons. The summed E-state index contributed by atoms with van der Waals surface area (Å²) in [5, 5.41) is 2.90. The molecule has 1 aliphatic heterocycles. The molecule has 3 aromatic rings. The maximum absolute atomic E-state index is 14.9. The molecular formula is C23H21F2N3O3S. The first-order chi connectivity index (χ1) is 15.3. The van der Waals surface area contributed by atoms with Crippen LogP contribution in [0.25, 0.3) is 0 Å². The Morgan fingerprint density at radius 3 is 2.56 bits per heavy atom. The topological polar surface area (TPSA) is 79.8 Å². The van der Waals surface area contributed by atoms with Crippen molar-refractivity contribution in [2.45, 2.75) is 24.3 Å². The maximum Gasteiger partial charge on any atom is 0.266 e. The minimum atomic E-state index is -4.00. The van der Waals surface area contributed by atoms with Gasteiger partial charge in [-0.25, -0.2) is 26.9 Å². The average molecular weight is 458 g/mol. The molecule has 0 bridgehead atoms. The number of rotatable bonds is 5. The Bertz CT molecular complexity index is 1310. The van der Waals surface area contributed by atoms with Crippen LogP contribution in [0.2, 0.25) is 0 Å². The lowest BCUT2D eigenvalue weighted by molar-refractivity contribution is 0.414. The van der Waals surface area contributed by atoms with Gasteiger partial charge in [-0.05, 0) is 41.5 Å². The fourth-order valence-electron chi connectivity index (χ4n) is 3.67. The van der Waals surface area contributed by atoms with E-state index in [1.807, 2.05) is 6.07 Å². The van der Waals surface area contributed by atoms with Crippen LogP contribution >= 0.6 is 0 Å². The van der Waals surface area contributed by atoms with Crippen LogP contribution in [0.1, 0.15) is 29.5 Å². The Balaban J connectivity index is 1.75. The number of nitrogens with zero attached hydrogens (tertiary/aromatic N) is 1. The third kappa shape index (κ3) is 4.16. The molecule has 0 saturated carbocycles. The lowest BCUT2D eigenvalue weighted by Crippen LogP contribution is -2.41. The van der Waals surface area contributed by atoms with E-state index in [1.165, 1.54) is 12.1 Å². The molecule has 1 heterocycles. The first kappa shape index (κ1) is 21.8. The molecule has 0 saturated heterocycles. The monoisotopic (exact) mass is 457 g/mol. The van der Waals surface area contributed by atoms with Gasteiger partial charge in [0, 0.05) is 11.5 Å². The molecule has 1 atom stereocenters. The van der Waals surface area contributed by atoms with Crippen molar-refractivity contribution in [3.8, 4) is 5.75 Å². The van der Waals surface area contributed by atoms with Crippen molar-refractivity contribution < 1.29 is 21.9 Å². The predicted molar refractivity (Wildman–Crippen MR) is 118 cm³/mol. The molecule has 0 aromatic heterocycles.